The number of carbonyl (C=O) groups is 1. The van der Waals surface area contributed by atoms with Crippen LogP contribution in [0.15, 0.2) is 53.4 Å². The number of amides is 1. The monoisotopic (exact) mass is 486 g/mol. The highest BCUT2D eigenvalue weighted by atomic mass is 32.2. The van der Waals surface area contributed by atoms with Crippen molar-refractivity contribution >= 4 is 38.7 Å². The van der Waals surface area contributed by atoms with Gasteiger partial charge in [0.25, 0.3) is 0 Å². The van der Waals surface area contributed by atoms with Crippen LogP contribution in [0.5, 0.6) is 0 Å². The van der Waals surface area contributed by atoms with Crippen LogP contribution in [0.1, 0.15) is 45.1 Å². The first-order chi connectivity index (χ1) is 15.8. The summed E-state index contributed by atoms with van der Waals surface area (Å²) >= 11 is 1.01. The molecule has 0 aliphatic heterocycles. The molecule has 1 aliphatic carbocycles. The summed E-state index contributed by atoms with van der Waals surface area (Å²) in [7, 11) is -3.67. The molecule has 2 aromatic carbocycles. The Hall–Kier alpha value is -2.36. The van der Waals surface area contributed by atoms with Gasteiger partial charge in [-0.15, -0.1) is 0 Å². The van der Waals surface area contributed by atoms with Crippen molar-refractivity contribution in [2.75, 3.05) is 6.54 Å². The molecule has 0 atom stereocenters. The summed E-state index contributed by atoms with van der Waals surface area (Å²) in [4.78, 5) is 15.4. The quantitative estimate of drug-likeness (QED) is 0.515. The first-order valence-corrected chi connectivity index (χ1v) is 13.6. The van der Waals surface area contributed by atoms with E-state index >= 15 is 0 Å². The first kappa shape index (κ1) is 23.8. The maximum atomic E-state index is 13.3. The molecule has 0 saturated heterocycles. The van der Waals surface area contributed by atoms with Gasteiger partial charge in [-0.25, -0.2) is 13.1 Å². The molecule has 1 amide bonds. The lowest BCUT2D eigenvalue weighted by Gasteiger charge is -2.34. The van der Waals surface area contributed by atoms with Crippen LogP contribution in [0.4, 0.5) is 0 Å². The van der Waals surface area contributed by atoms with Crippen molar-refractivity contribution in [3.8, 4) is 0 Å². The number of aromatic nitrogens is 2. The van der Waals surface area contributed by atoms with Gasteiger partial charge in [-0.3, -0.25) is 4.79 Å². The minimum absolute atomic E-state index is 0.00111. The maximum absolute atomic E-state index is 13.3. The molecule has 3 aromatic rings. The number of carbonyl (C=O) groups excluding carboxylic acids is 1. The van der Waals surface area contributed by atoms with Crippen LogP contribution < -0.4 is 4.72 Å². The number of hydrogen-bond donors (Lipinski definition) is 1. The van der Waals surface area contributed by atoms with E-state index in [-0.39, 0.29) is 28.7 Å². The van der Waals surface area contributed by atoms with E-state index in [2.05, 4.69) is 27.3 Å². The number of fused-ring (bicyclic) bond motifs is 1. The molecule has 4 rings (SSSR count). The van der Waals surface area contributed by atoms with Gasteiger partial charge in [0.05, 0.1) is 11.7 Å². The summed E-state index contributed by atoms with van der Waals surface area (Å²) in [6, 6.07) is 15.2. The predicted molar refractivity (Wildman–Crippen MR) is 130 cm³/mol. The van der Waals surface area contributed by atoms with Gasteiger partial charge >= 0.3 is 0 Å². The number of benzene rings is 2. The van der Waals surface area contributed by atoms with E-state index in [4.69, 9.17) is 0 Å². The van der Waals surface area contributed by atoms with Crippen LogP contribution in [0.3, 0.4) is 0 Å². The Labute approximate surface area is 199 Å². The first-order valence-electron chi connectivity index (χ1n) is 11.4. The lowest BCUT2D eigenvalue weighted by molar-refractivity contribution is -0.139. The summed E-state index contributed by atoms with van der Waals surface area (Å²) in [5, 5.41) is 0. The number of sulfonamides is 1. The molecule has 0 unspecified atom stereocenters. The van der Waals surface area contributed by atoms with Gasteiger partial charge in [0.2, 0.25) is 15.9 Å². The van der Waals surface area contributed by atoms with Crippen LogP contribution in [-0.4, -0.2) is 40.6 Å². The normalized spacial score (nSPS) is 19.1. The molecule has 1 saturated carbocycles. The van der Waals surface area contributed by atoms with Crippen molar-refractivity contribution in [2.45, 2.75) is 57.0 Å². The fraction of sp³-hybridized carbons (Fsp3) is 0.458. The molecule has 9 heteroatoms. The van der Waals surface area contributed by atoms with E-state index in [0.29, 0.717) is 24.1 Å². The highest BCUT2D eigenvalue weighted by Crippen LogP contribution is 2.31. The van der Waals surface area contributed by atoms with Gasteiger partial charge in [0.1, 0.15) is 15.9 Å². The Kier molecular flexibility index (Phi) is 7.41. The average molecular weight is 487 g/mol. The van der Waals surface area contributed by atoms with Gasteiger partial charge < -0.3 is 4.90 Å². The largest absolute Gasteiger partial charge is 0.336 e. The molecule has 0 radical (unpaired) electrons. The second kappa shape index (κ2) is 10.3. The second-order valence-corrected chi connectivity index (χ2v) is 11.3. The molecule has 1 fully saturated rings. The average Bonchev–Trinajstić information content (AvgIpc) is 3.30. The topological polar surface area (TPSA) is 92.3 Å². The van der Waals surface area contributed by atoms with E-state index in [1.54, 1.807) is 18.2 Å². The molecule has 1 aliphatic rings. The van der Waals surface area contributed by atoms with Crippen LogP contribution in [0, 0.1) is 11.8 Å². The number of nitrogens with one attached hydrogen (secondary N) is 1. The number of nitrogens with zero attached hydrogens (tertiary/aromatic N) is 3. The second-order valence-electron chi connectivity index (χ2n) is 9.00. The van der Waals surface area contributed by atoms with Gasteiger partial charge in [-0.1, -0.05) is 36.4 Å². The van der Waals surface area contributed by atoms with E-state index in [1.165, 1.54) is 0 Å². The molecule has 1 heterocycles. The minimum Gasteiger partial charge on any atom is -0.336 e. The van der Waals surface area contributed by atoms with Crippen LogP contribution in [0.2, 0.25) is 0 Å². The van der Waals surface area contributed by atoms with Crippen molar-refractivity contribution in [3.05, 3.63) is 54.1 Å². The fourth-order valence-corrected chi connectivity index (χ4v) is 6.33. The lowest BCUT2D eigenvalue weighted by atomic mass is 9.81. The zero-order chi connectivity index (χ0) is 23.4. The summed E-state index contributed by atoms with van der Waals surface area (Å²) in [6.07, 6.45) is 3.24. The zero-order valence-electron chi connectivity index (χ0n) is 19.0. The SMILES string of the molecule is CC(C)N(Cc1ccccc1)C(=O)C1CCC(CNS(=O)(=O)c2cccc3nsnc23)CC1. The predicted octanol–water partition coefficient (Wildman–Crippen LogP) is 4.21. The maximum Gasteiger partial charge on any atom is 0.242 e. The molecule has 33 heavy (non-hydrogen) atoms. The standard InChI is InChI=1S/C24H30N4O3S2/c1-17(2)28(16-19-7-4-3-5-8-19)24(29)20-13-11-18(12-14-20)15-25-33(30,31)22-10-6-9-21-23(22)27-32-26-21/h3-10,17-18,20,25H,11-16H2,1-2H3. The molecular formula is C24H30N4O3S2. The molecule has 7 nitrogen and oxygen atoms in total. The number of hydrogen-bond acceptors (Lipinski definition) is 6. The minimum atomic E-state index is -3.67. The van der Waals surface area contributed by atoms with E-state index in [0.717, 1.165) is 43.0 Å². The highest BCUT2D eigenvalue weighted by molar-refractivity contribution is 7.89. The molecule has 1 N–H and O–H groups in total. The van der Waals surface area contributed by atoms with Crippen molar-refractivity contribution in [2.24, 2.45) is 11.8 Å². The van der Waals surface area contributed by atoms with Gasteiger partial charge in [0.15, 0.2) is 0 Å². The third-order valence-electron chi connectivity index (χ3n) is 6.40. The van der Waals surface area contributed by atoms with Crippen LogP contribution in [0.25, 0.3) is 11.0 Å². The summed E-state index contributed by atoms with van der Waals surface area (Å²) in [5.41, 5.74) is 2.14. The fourth-order valence-electron chi connectivity index (χ4n) is 4.45. The summed E-state index contributed by atoms with van der Waals surface area (Å²) < 4.78 is 36.7. The smallest absolute Gasteiger partial charge is 0.242 e. The van der Waals surface area contributed by atoms with Crippen molar-refractivity contribution in [3.63, 3.8) is 0 Å². The lowest BCUT2D eigenvalue weighted by Crippen LogP contribution is -2.42. The van der Waals surface area contributed by atoms with Gasteiger partial charge in [-0.05, 0) is 63.1 Å². The summed E-state index contributed by atoms with van der Waals surface area (Å²) in [5.74, 6) is 0.424. The van der Waals surface area contributed by atoms with E-state index in [1.807, 2.05) is 35.2 Å². The van der Waals surface area contributed by atoms with Crippen molar-refractivity contribution in [1.29, 1.82) is 0 Å². The molecule has 0 bridgehead atoms. The van der Waals surface area contributed by atoms with Gasteiger partial charge in [-0.2, -0.15) is 8.75 Å². The molecule has 176 valence electrons. The Morgan fingerprint density at radius 1 is 1.06 bits per heavy atom. The van der Waals surface area contributed by atoms with Crippen molar-refractivity contribution < 1.29 is 13.2 Å². The van der Waals surface area contributed by atoms with Gasteiger partial charge in [0, 0.05) is 25.0 Å². The zero-order valence-corrected chi connectivity index (χ0v) is 20.6. The van der Waals surface area contributed by atoms with E-state index < -0.39 is 10.0 Å². The third kappa shape index (κ3) is 5.59. The molecular weight excluding hydrogens is 456 g/mol. The van der Waals surface area contributed by atoms with Crippen LogP contribution >= 0.6 is 11.7 Å². The van der Waals surface area contributed by atoms with E-state index in [9.17, 15) is 13.2 Å². The Morgan fingerprint density at radius 2 is 1.79 bits per heavy atom. The molecule has 0 spiro atoms. The molecule has 1 aromatic heterocycles. The highest BCUT2D eigenvalue weighted by Gasteiger charge is 2.31. The Morgan fingerprint density at radius 3 is 2.48 bits per heavy atom. The van der Waals surface area contributed by atoms with Crippen molar-refractivity contribution in [1.82, 2.24) is 18.4 Å². The Balaban J connectivity index is 1.33. The third-order valence-corrected chi connectivity index (χ3v) is 8.40. The Bertz CT molecular complexity index is 1190. The number of rotatable bonds is 8. The summed E-state index contributed by atoms with van der Waals surface area (Å²) in [6.45, 7) is 5.10. The van der Waals surface area contributed by atoms with Crippen LogP contribution in [-0.2, 0) is 21.4 Å².